The molecule has 19 heavy (non-hydrogen) atoms. The first-order valence-corrected chi connectivity index (χ1v) is 6.44. The second-order valence-corrected chi connectivity index (χ2v) is 4.78. The number of rotatable bonds is 6. The number of hydrogen-bond donors (Lipinski definition) is 1. The van der Waals surface area contributed by atoms with E-state index in [1.165, 1.54) is 0 Å². The summed E-state index contributed by atoms with van der Waals surface area (Å²) in [5.74, 6) is 0.866. The molecule has 0 fully saturated rings. The molecule has 0 aliphatic carbocycles. The van der Waals surface area contributed by atoms with Crippen LogP contribution in [0.1, 0.15) is 37.3 Å². The van der Waals surface area contributed by atoms with Crippen LogP contribution < -0.4 is 0 Å². The zero-order valence-corrected chi connectivity index (χ0v) is 11.0. The number of aryl methyl sites for hydroxylation is 1. The average Bonchev–Trinajstić information content (AvgIpc) is 2.93. The third-order valence-electron chi connectivity index (χ3n) is 3.27. The van der Waals surface area contributed by atoms with Crippen molar-refractivity contribution in [1.82, 2.24) is 19.7 Å². The molecule has 0 unspecified atom stereocenters. The molecule has 1 aromatic heterocycles. The monoisotopic (exact) mass is 266 g/mol. The van der Waals surface area contributed by atoms with E-state index in [0.717, 1.165) is 31.0 Å². The van der Waals surface area contributed by atoms with Crippen molar-refractivity contribution < 1.29 is 14.7 Å². The van der Waals surface area contributed by atoms with Crippen LogP contribution in [0.3, 0.4) is 0 Å². The van der Waals surface area contributed by atoms with E-state index in [1.54, 1.807) is 11.9 Å². The topological polar surface area (TPSA) is 88.3 Å². The third-order valence-corrected chi connectivity index (χ3v) is 3.27. The van der Waals surface area contributed by atoms with Crippen LogP contribution in [0.25, 0.3) is 0 Å². The van der Waals surface area contributed by atoms with Gasteiger partial charge >= 0.3 is 5.97 Å². The second-order valence-electron chi connectivity index (χ2n) is 4.78. The summed E-state index contributed by atoms with van der Waals surface area (Å²) >= 11 is 0. The Balaban J connectivity index is 1.84. The highest BCUT2D eigenvalue weighted by Crippen LogP contribution is 2.15. The van der Waals surface area contributed by atoms with E-state index < -0.39 is 5.97 Å². The van der Waals surface area contributed by atoms with Crippen LogP contribution in [0.4, 0.5) is 0 Å². The lowest BCUT2D eigenvalue weighted by molar-refractivity contribution is -0.137. The summed E-state index contributed by atoms with van der Waals surface area (Å²) in [7, 11) is 1.71. The number of aromatic nitrogens is 3. The van der Waals surface area contributed by atoms with Gasteiger partial charge in [-0.05, 0) is 12.8 Å². The molecule has 7 nitrogen and oxygen atoms in total. The minimum atomic E-state index is -0.870. The lowest BCUT2D eigenvalue weighted by Crippen LogP contribution is -2.27. The summed E-state index contributed by atoms with van der Waals surface area (Å²) in [5.41, 5.74) is 0. The Hall–Kier alpha value is -1.92. The quantitative estimate of drug-likeness (QED) is 0.807. The maximum atomic E-state index is 11.8. The molecule has 104 valence electrons. The van der Waals surface area contributed by atoms with Gasteiger partial charge in [-0.25, -0.2) is 0 Å². The highest BCUT2D eigenvalue weighted by molar-refractivity contribution is 5.76. The summed E-state index contributed by atoms with van der Waals surface area (Å²) in [6, 6.07) is 0. The van der Waals surface area contributed by atoms with Crippen LogP contribution in [-0.2, 0) is 29.1 Å². The van der Waals surface area contributed by atoms with Gasteiger partial charge in [0.15, 0.2) is 5.82 Å². The molecular weight excluding hydrogens is 248 g/mol. The third kappa shape index (κ3) is 3.30. The van der Waals surface area contributed by atoms with Gasteiger partial charge in [-0.3, -0.25) is 9.59 Å². The largest absolute Gasteiger partial charge is 0.481 e. The van der Waals surface area contributed by atoms with Crippen molar-refractivity contribution in [2.24, 2.45) is 0 Å². The lowest BCUT2D eigenvalue weighted by Gasteiger charge is -2.16. The summed E-state index contributed by atoms with van der Waals surface area (Å²) in [5, 5.41) is 16.7. The fourth-order valence-corrected chi connectivity index (χ4v) is 2.21. The summed E-state index contributed by atoms with van der Waals surface area (Å²) in [4.78, 5) is 23.8. The van der Waals surface area contributed by atoms with Crippen molar-refractivity contribution in [3.05, 3.63) is 11.6 Å². The van der Waals surface area contributed by atoms with Gasteiger partial charge in [0.2, 0.25) is 5.91 Å². The number of carbonyl (C=O) groups excluding carboxylic acids is 1. The standard InChI is InChI=1S/C12H18N4O3/c1-15(11(17)5-2-6-12(18)19)8-10-14-13-9-4-3-7-16(9)10/h2-8H2,1H3,(H,18,19). The Bertz CT molecular complexity index is 483. The van der Waals surface area contributed by atoms with Crippen molar-refractivity contribution in [3.63, 3.8) is 0 Å². The molecule has 7 heteroatoms. The zero-order valence-electron chi connectivity index (χ0n) is 11.0. The summed E-state index contributed by atoms with van der Waals surface area (Å²) < 4.78 is 2.06. The minimum absolute atomic E-state index is 0.0277. The van der Waals surface area contributed by atoms with Gasteiger partial charge in [0.25, 0.3) is 0 Å². The van der Waals surface area contributed by atoms with Crippen LogP contribution in [0.15, 0.2) is 0 Å². The molecule has 0 saturated heterocycles. The number of fused-ring (bicyclic) bond motifs is 1. The molecule has 1 amide bonds. The normalized spacial score (nSPS) is 13.3. The van der Waals surface area contributed by atoms with Gasteiger partial charge in [-0.1, -0.05) is 0 Å². The number of amides is 1. The number of carboxylic acids is 1. The van der Waals surface area contributed by atoms with Crippen LogP contribution in [0, 0.1) is 0 Å². The first kappa shape index (κ1) is 13.5. The van der Waals surface area contributed by atoms with Gasteiger partial charge in [0, 0.05) is 32.9 Å². The maximum absolute atomic E-state index is 11.8. The molecule has 0 atom stereocenters. The zero-order chi connectivity index (χ0) is 13.8. The molecule has 1 aliphatic rings. The summed E-state index contributed by atoms with van der Waals surface area (Å²) in [6.45, 7) is 1.34. The minimum Gasteiger partial charge on any atom is -0.481 e. The Kier molecular flexibility index (Phi) is 4.13. The molecule has 1 N–H and O–H groups in total. The Morgan fingerprint density at radius 2 is 2.16 bits per heavy atom. The van der Waals surface area contributed by atoms with Crippen LogP contribution in [0.5, 0.6) is 0 Å². The van der Waals surface area contributed by atoms with E-state index in [-0.39, 0.29) is 18.7 Å². The molecule has 2 rings (SSSR count). The number of carboxylic acid groups (broad SMARTS) is 1. The molecular formula is C12H18N4O3. The van der Waals surface area contributed by atoms with E-state index in [1.807, 2.05) is 0 Å². The predicted molar refractivity (Wildman–Crippen MR) is 66.3 cm³/mol. The van der Waals surface area contributed by atoms with Crippen LogP contribution in [0.2, 0.25) is 0 Å². The van der Waals surface area contributed by atoms with Crippen molar-refractivity contribution in [2.45, 2.75) is 45.2 Å². The van der Waals surface area contributed by atoms with Crippen molar-refractivity contribution >= 4 is 11.9 Å². The van der Waals surface area contributed by atoms with E-state index in [4.69, 9.17) is 5.11 Å². The van der Waals surface area contributed by atoms with Gasteiger partial charge in [0.05, 0.1) is 6.54 Å². The van der Waals surface area contributed by atoms with Gasteiger partial charge in [-0.15, -0.1) is 10.2 Å². The molecule has 0 aromatic carbocycles. The van der Waals surface area contributed by atoms with Crippen molar-refractivity contribution in [2.75, 3.05) is 7.05 Å². The Morgan fingerprint density at radius 3 is 2.89 bits per heavy atom. The number of hydrogen-bond acceptors (Lipinski definition) is 4. The highest BCUT2D eigenvalue weighted by atomic mass is 16.4. The SMILES string of the molecule is CN(Cc1nnc2n1CCC2)C(=O)CCCC(=O)O. The van der Waals surface area contributed by atoms with E-state index in [0.29, 0.717) is 13.0 Å². The molecule has 1 aliphatic heterocycles. The average molecular weight is 266 g/mol. The molecule has 0 saturated carbocycles. The first-order valence-electron chi connectivity index (χ1n) is 6.44. The van der Waals surface area contributed by atoms with E-state index in [9.17, 15) is 9.59 Å². The van der Waals surface area contributed by atoms with Crippen molar-refractivity contribution in [3.8, 4) is 0 Å². The fourth-order valence-electron chi connectivity index (χ4n) is 2.21. The lowest BCUT2D eigenvalue weighted by atomic mass is 10.2. The first-order chi connectivity index (χ1) is 9.08. The number of carbonyl (C=O) groups is 2. The second kappa shape index (κ2) is 5.81. The summed E-state index contributed by atoms with van der Waals surface area (Å²) in [6.07, 6.45) is 2.68. The molecule has 0 bridgehead atoms. The fraction of sp³-hybridized carbons (Fsp3) is 0.667. The molecule has 0 spiro atoms. The maximum Gasteiger partial charge on any atom is 0.303 e. The van der Waals surface area contributed by atoms with E-state index in [2.05, 4.69) is 14.8 Å². The molecule has 0 radical (unpaired) electrons. The smallest absolute Gasteiger partial charge is 0.303 e. The number of nitrogens with zero attached hydrogens (tertiary/aromatic N) is 4. The number of aliphatic carboxylic acids is 1. The van der Waals surface area contributed by atoms with Crippen LogP contribution >= 0.6 is 0 Å². The molecule has 2 heterocycles. The predicted octanol–water partition coefficient (Wildman–Crippen LogP) is 0.438. The highest BCUT2D eigenvalue weighted by Gasteiger charge is 2.19. The Labute approximate surface area is 111 Å². The van der Waals surface area contributed by atoms with Gasteiger partial charge in [0.1, 0.15) is 5.82 Å². The molecule has 1 aromatic rings. The van der Waals surface area contributed by atoms with E-state index >= 15 is 0 Å². The Morgan fingerprint density at radius 1 is 1.37 bits per heavy atom. The van der Waals surface area contributed by atoms with Gasteiger partial charge < -0.3 is 14.6 Å². The van der Waals surface area contributed by atoms with Crippen LogP contribution in [-0.4, -0.2) is 43.7 Å². The van der Waals surface area contributed by atoms with Crippen molar-refractivity contribution in [1.29, 1.82) is 0 Å². The van der Waals surface area contributed by atoms with Gasteiger partial charge in [-0.2, -0.15) is 0 Å².